The number of methoxy groups -OCH3 is 2. The van der Waals surface area contributed by atoms with Gasteiger partial charge in [0.2, 0.25) is 0 Å². The number of guanidine groups is 1. The zero-order valence-electron chi connectivity index (χ0n) is 18.7. The number of nitrogens with one attached hydrogen (secondary N) is 2. The molecule has 0 aliphatic carbocycles. The summed E-state index contributed by atoms with van der Waals surface area (Å²) in [5, 5.41) is 6.66. The van der Waals surface area contributed by atoms with Crippen molar-refractivity contribution in [3.63, 3.8) is 0 Å². The quantitative estimate of drug-likeness (QED) is 0.288. The molecule has 0 saturated carbocycles. The van der Waals surface area contributed by atoms with E-state index in [0.717, 1.165) is 49.8 Å². The Morgan fingerprint density at radius 3 is 2.53 bits per heavy atom. The molecule has 1 unspecified atom stereocenters. The van der Waals surface area contributed by atoms with E-state index < -0.39 is 11.6 Å². The Balaban J connectivity index is 0.00000363. The van der Waals surface area contributed by atoms with Crippen LogP contribution in [0.5, 0.6) is 11.5 Å². The second-order valence-electron chi connectivity index (χ2n) is 7.46. The van der Waals surface area contributed by atoms with Gasteiger partial charge in [-0.15, -0.1) is 24.0 Å². The Hall–Kier alpha value is -2.30. The van der Waals surface area contributed by atoms with Crippen molar-refractivity contribution in [3.8, 4) is 11.5 Å². The van der Waals surface area contributed by atoms with Gasteiger partial charge in [-0.3, -0.25) is 0 Å². The van der Waals surface area contributed by atoms with E-state index in [0.29, 0.717) is 24.0 Å². The van der Waals surface area contributed by atoms with E-state index in [2.05, 4.69) is 20.5 Å². The summed E-state index contributed by atoms with van der Waals surface area (Å²) in [6.45, 7) is 5.63. The van der Waals surface area contributed by atoms with E-state index >= 15 is 0 Å². The predicted octanol–water partition coefficient (Wildman–Crippen LogP) is 4.18. The molecule has 0 bridgehead atoms. The summed E-state index contributed by atoms with van der Waals surface area (Å²) in [7, 11) is 3.22. The average molecular weight is 560 g/mol. The average Bonchev–Trinajstić information content (AvgIpc) is 3.26. The van der Waals surface area contributed by atoms with Gasteiger partial charge >= 0.3 is 0 Å². The lowest BCUT2D eigenvalue weighted by molar-refractivity contribution is 0.354. The first kappa shape index (κ1) is 26.0. The van der Waals surface area contributed by atoms with Crippen LogP contribution in [0.15, 0.2) is 41.4 Å². The fraction of sp³-hybridized carbons (Fsp3) is 0.435. The van der Waals surface area contributed by atoms with Gasteiger partial charge in [0, 0.05) is 37.9 Å². The Kier molecular flexibility index (Phi) is 10.3. The normalized spacial score (nSPS) is 15.8. The van der Waals surface area contributed by atoms with Gasteiger partial charge in [-0.05, 0) is 49.1 Å². The molecule has 1 saturated heterocycles. The van der Waals surface area contributed by atoms with Crippen LogP contribution in [0.3, 0.4) is 0 Å². The molecule has 2 N–H and O–H groups in total. The first-order valence-electron chi connectivity index (χ1n) is 10.5. The molecule has 176 valence electrons. The highest BCUT2D eigenvalue weighted by Crippen LogP contribution is 2.28. The lowest BCUT2D eigenvalue weighted by Gasteiger charge is -2.19. The maximum Gasteiger partial charge on any atom is 0.191 e. The molecule has 0 aromatic heterocycles. The molecule has 1 aliphatic rings. The SMILES string of the molecule is CCNC(=NCc1ccc(OC)c(OC)c1)NCC1CCN(c2ccc(F)c(F)c2)C1.I. The number of hydrogen-bond acceptors (Lipinski definition) is 4. The van der Waals surface area contributed by atoms with Crippen LogP contribution in [0.1, 0.15) is 18.9 Å². The van der Waals surface area contributed by atoms with Gasteiger partial charge in [-0.1, -0.05) is 6.07 Å². The summed E-state index contributed by atoms with van der Waals surface area (Å²) >= 11 is 0. The zero-order valence-corrected chi connectivity index (χ0v) is 21.0. The second-order valence-corrected chi connectivity index (χ2v) is 7.46. The molecular formula is C23H31F2IN4O2. The first-order chi connectivity index (χ1) is 15.0. The molecule has 1 fully saturated rings. The van der Waals surface area contributed by atoms with Crippen LogP contribution >= 0.6 is 24.0 Å². The fourth-order valence-electron chi connectivity index (χ4n) is 3.65. The highest BCUT2D eigenvalue weighted by atomic mass is 127. The molecule has 32 heavy (non-hydrogen) atoms. The summed E-state index contributed by atoms with van der Waals surface area (Å²) in [5.41, 5.74) is 1.73. The summed E-state index contributed by atoms with van der Waals surface area (Å²) in [4.78, 5) is 6.75. The molecule has 3 rings (SSSR count). The number of ether oxygens (including phenoxy) is 2. The van der Waals surface area contributed by atoms with E-state index in [9.17, 15) is 8.78 Å². The van der Waals surface area contributed by atoms with Crippen LogP contribution in [0.4, 0.5) is 14.5 Å². The highest BCUT2D eigenvalue weighted by molar-refractivity contribution is 14.0. The summed E-state index contributed by atoms with van der Waals surface area (Å²) < 4.78 is 37.3. The van der Waals surface area contributed by atoms with Gasteiger partial charge in [0.1, 0.15) is 0 Å². The Bertz CT molecular complexity index is 914. The van der Waals surface area contributed by atoms with Gasteiger partial charge < -0.3 is 25.0 Å². The van der Waals surface area contributed by atoms with Crippen molar-refractivity contribution in [1.29, 1.82) is 0 Å². The predicted molar refractivity (Wildman–Crippen MR) is 134 cm³/mol. The van der Waals surface area contributed by atoms with E-state index in [1.54, 1.807) is 20.3 Å². The summed E-state index contributed by atoms with van der Waals surface area (Å²) in [6.07, 6.45) is 0.973. The van der Waals surface area contributed by atoms with Crippen LogP contribution < -0.4 is 25.0 Å². The van der Waals surface area contributed by atoms with E-state index in [1.165, 1.54) is 12.1 Å². The maximum atomic E-state index is 13.5. The third-order valence-corrected chi connectivity index (χ3v) is 5.32. The van der Waals surface area contributed by atoms with E-state index in [4.69, 9.17) is 9.47 Å². The molecule has 2 aromatic rings. The van der Waals surface area contributed by atoms with Crippen LogP contribution in [-0.2, 0) is 6.54 Å². The van der Waals surface area contributed by atoms with Crippen molar-refractivity contribution in [1.82, 2.24) is 10.6 Å². The number of nitrogens with zero attached hydrogens (tertiary/aromatic N) is 2. The van der Waals surface area contributed by atoms with Crippen molar-refractivity contribution in [3.05, 3.63) is 53.6 Å². The Labute approximate surface area is 205 Å². The monoisotopic (exact) mass is 560 g/mol. The minimum Gasteiger partial charge on any atom is -0.493 e. The maximum absolute atomic E-state index is 13.5. The number of aliphatic imine (C=N–C) groups is 1. The van der Waals surface area contributed by atoms with Crippen molar-refractivity contribution in [2.75, 3.05) is 45.3 Å². The van der Waals surface area contributed by atoms with Crippen LogP contribution in [0.25, 0.3) is 0 Å². The molecule has 0 radical (unpaired) electrons. The van der Waals surface area contributed by atoms with E-state index in [1.807, 2.05) is 25.1 Å². The highest BCUT2D eigenvalue weighted by Gasteiger charge is 2.23. The fourth-order valence-corrected chi connectivity index (χ4v) is 3.65. The van der Waals surface area contributed by atoms with Gasteiger partial charge in [-0.2, -0.15) is 0 Å². The lowest BCUT2D eigenvalue weighted by atomic mass is 10.1. The summed E-state index contributed by atoms with van der Waals surface area (Å²) in [6, 6.07) is 9.83. The number of hydrogen-bond donors (Lipinski definition) is 2. The van der Waals surface area contributed by atoms with Gasteiger partial charge in [0.15, 0.2) is 29.1 Å². The lowest BCUT2D eigenvalue weighted by Crippen LogP contribution is -2.40. The molecule has 6 nitrogen and oxygen atoms in total. The number of halogens is 3. The third-order valence-electron chi connectivity index (χ3n) is 5.32. The van der Waals surface area contributed by atoms with Crippen molar-refractivity contribution >= 4 is 35.6 Å². The van der Waals surface area contributed by atoms with Gasteiger partial charge in [0.05, 0.1) is 20.8 Å². The second kappa shape index (κ2) is 12.7. The minimum atomic E-state index is -0.817. The number of rotatable bonds is 8. The van der Waals surface area contributed by atoms with Crippen LogP contribution in [0, 0.1) is 17.6 Å². The Morgan fingerprint density at radius 1 is 1.06 bits per heavy atom. The molecule has 1 heterocycles. The molecular weight excluding hydrogens is 529 g/mol. The van der Waals surface area contributed by atoms with Crippen LogP contribution in [0.2, 0.25) is 0 Å². The Morgan fingerprint density at radius 2 is 1.84 bits per heavy atom. The molecule has 9 heteroatoms. The smallest absolute Gasteiger partial charge is 0.191 e. The molecule has 0 amide bonds. The van der Waals surface area contributed by atoms with Gasteiger partial charge in [-0.25, -0.2) is 13.8 Å². The molecule has 2 aromatic carbocycles. The number of benzene rings is 2. The number of anilines is 1. The largest absolute Gasteiger partial charge is 0.493 e. The summed E-state index contributed by atoms with van der Waals surface area (Å²) in [5.74, 6) is 0.864. The minimum absolute atomic E-state index is 0. The first-order valence-corrected chi connectivity index (χ1v) is 10.5. The van der Waals surface area contributed by atoms with Gasteiger partial charge in [0.25, 0.3) is 0 Å². The topological polar surface area (TPSA) is 58.1 Å². The van der Waals surface area contributed by atoms with Crippen molar-refractivity contribution < 1.29 is 18.3 Å². The standard InChI is InChI=1S/C23H30F2N4O2.HI/c1-4-26-23(27-13-16-5-8-21(30-2)22(11-16)31-3)28-14-17-9-10-29(15-17)18-6-7-19(24)20(25)12-18;/h5-8,11-12,17H,4,9-10,13-15H2,1-3H3,(H2,26,27,28);1H. The zero-order chi connectivity index (χ0) is 22.2. The van der Waals surface area contributed by atoms with Crippen molar-refractivity contribution in [2.45, 2.75) is 19.9 Å². The van der Waals surface area contributed by atoms with Crippen molar-refractivity contribution in [2.24, 2.45) is 10.9 Å². The van der Waals surface area contributed by atoms with E-state index in [-0.39, 0.29) is 24.0 Å². The third kappa shape index (κ3) is 6.85. The van der Waals surface area contributed by atoms with Crippen LogP contribution in [-0.4, -0.2) is 46.4 Å². The molecule has 1 aliphatic heterocycles. The molecule has 0 spiro atoms. The molecule has 1 atom stereocenters.